The molecule has 0 aliphatic carbocycles. The first kappa shape index (κ1) is 13.5. The highest BCUT2D eigenvalue weighted by Gasteiger charge is 2.04. The van der Waals surface area contributed by atoms with Crippen LogP contribution in [-0.4, -0.2) is 0 Å². The Hall–Kier alpha value is 1.06. The molecule has 16 heavy (non-hydrogen) atoms. The first-order valence-electron chi connectivity index (χ1n) is 4.14. The van der Waals surface area contributed by atoms with Crippen molar-refractivity contribution in [1.29, 1.82) is 0 Å². The fraction of sp³-hybridized carbons (Fsp3) is 0. The summed E-state index contributed by atoms with van der Waals surface area (Å²) >= 11 is 17.4. The molecule has 2 heterocycles. The number of thiophene rings is 2. The van der Waals surface area contributed by atoms with Crippen LogP contribution in [0, 0.1) is 0 Å². The third-order valence-corrected chi connectivity index (χ3v) is 6.80. The zero-order chi connectivity index (χ0) is 11.7. The highest BCUT2D eigenvalue weighted by molar-refractivity contribution is 9.12. The van der Waals surface area contributed by atoms with E-state index in [1.807, 2.05) is 0 Å². The minimum absolute atomic E-state index is 1.12. The molecule has 0 nitrogen and oxygen atoms in total. The van der Waals surface area contributed by atoms with E-state index in [9.17, 15) is 0 Å². The number of rotatable bonds is 2. The van der Waals surface area contributed by atoms with Crippen LogP contribution in [0.3, 0.4) is 0 Å². The van der Waals surface area contributed by atoms with Gasteiger partial charge in [0.2, 0.25) is 0 Å². The molecule has 0 radical (unpaired) electrons. The average Bonchev–Trinajstić information content (AvgIpc) is 2.66. The van der Waals surface area contributed by atoms with Crippen molar-refractivity contribution in [2.75, 3.05) is 0 Å². The molecule has 2 aromatic rings. The highest BCUT2D eigenvalue weighted by Crippen LogP contribution is 2.35. The fourth-order valence-corrected chi connectivity index (χ4v) is 6.07. The van der Waals surface area contributed by atoms with Crippen molar-refractivity contribution in [3.8, 4) is 0 Å². The molecule has 0 aliphatic heterocycles. The fourth-order valence-electron chi connectivity index (χ4n) is 1.09. The number of hydrogen-bond donors (Lipinski definition) is 0. The van der Waals surface area contributed by atoms with Crippen LogP contribution in [0.25, 0.3) is 12.2 Å². The van der Waals surface area contributed by atoms with E-state index in [0.717, 1.165) is 16.5 Å². The van der Waals surface area contributed by atoms with Crippen LogP contribution in [0.1, 0.15) is 9.75 Å². The first-order chi connectivity index (χ1) is 7.56. The van der Waals surface area contributed by atoms with Gasteiger partial charge in [0.25, 0.3) is 0 Å². The second kappa shape index (κ2) is 5.80. The molecule has 0 saturated heterocycles. The van der Waals surface area contributed by atoms with Crippen molar-refractivity contribution in [2.45, 2.75) is 0 Å². The lowest BCUT2D eigenvalue weighted by molar-refractivity contribution is 1.80. The summed E-state index contributed by atoms with van der Waals surface area (Å²) in [6.45, 7) is 0. The molecule has 0 atom stereocenters. The highest BCUT2D eigenvalue weighted by atomic mass is 79.9. The number of halogens is 4. The van der Waals surface area contributed by atoms with Gasteiger partial charge in [0.05, 0.1) is 7.57 Å². The first-order valence-corrected chi connectivity index (χ1v) is 8.94. The largest absolute Gasteiger partial charge is 0.128 e. The lowest BCUT2D eigenvalue weighted by Crippen LogP contribution is -1.63. The van der Waals surface area contributed by atoms with Gasteiger partial charge in [-0.05, 0) is 88.0 Å². The van der Waals surface area contributed by atoms with Gasteiger partial charge in [0.1, 0.15) is 0 Å². The third-order valence-electron chi connectivity index (χ3n) is 1.75. The summed E-state index contributed by atoms with van der Waals surface area (Å²) < 4.78 is 4.50. The van der Waals surface area contributed by atoms with Crippen LogP contribution >= 0.6 is 86.4 Å². The Morgan fingerprint density at radius 2 is 1.12 bits per heavy atom. The van der Waals surface area contributed by atoms with E-state index in [4.69, 9.17) is 0 Å². The van der Waals surface area contributed by atoms with E-state index in [1.165, 1.54) is 9.75 Å². The minimum Gasteiger partial charge on any atom is -0.128 e. The maximum Gasteiger partial charge on any atom is 0.0716 e. The van der Waals surface area contributed by atoms with Gasteiger partial charge < -0.3 is 0 Å². The Morgan fingerprint density at radius 3 is 1.38 bits per heavy atom. The van der Waals surface area contributed by atoms with Crippen molar-refractivity contribution >= 4 is 98.5 Å². The van der Waals surface area contributed by atoms with Crippen LogP contribution < -0.4 is 0 Å². The third kappa shape index (κ3) is 3.29. The minimum atomic E-state index is 1.12. The van der Waals surface area contributed by atoms with E-state index in [2.05, 4.69) is 88.0 Å². The van der Waals surface area contributed by atoms with E-state index in [0.29, 0.717) is 0 Å². The molecule has 0 N–H and O–H groups in total. The zero-order valence-corrected chi connectivity index (χ0v) is 15.6. The predicted molar refractivity (Wildman–Crippen MR) is 88.4 cm³/mol. The molecule has 0 fully saturated rings. The van der Waals surface area contributed by atoms with Gasteiger partial charge in [-0.2, -0.15) is 0 Å². The van der Waals surface area contributed by atoms with Crippen LogP contribution in [-0.2, 0) is 0 Å². The Morgan fingerprint density at radius 1 is 0.750 bits per heavy atom. The lowest BCUT2D eigenvalue weighted by atomic mass is 10.3. The number of hydrogen-bond acceptors (Lipinski definition) is 2. The second-order valence-corrected chi connectivity index (χ2v) is 9.49. The summed E-state index contributed by atoms with van der Waals surface area (Å²) in [7, 11) is 0. The van der Waals surface area contributed by atoms with Crippen molar-refractivity contribution < 1.29 is 0 Å². The van der Waals surface area contributed by atoms with E-state index in [-0.39, 0.29) is 0 Å². The van der Waals surface area contributed by atoms with Gasteiger partial charge in [-0.3, -0.25) is 0 Å². The molecule has 0 aromatic carbocycles. The standard InChI is InChI=1S/C10H4Br4S2/c11-5-3-9(13)15-7(5)1-2-8-6(12)4-10(14)16-8/h1-4H. The van der Waals surface area contributed by atoms with Crippen LogP contribution in [0.15, 0.2) is 28.7 Å². The molecule has 6 heteroatoms. The van der Waals surface area contributed by atoms with Crippen molar-refractivity contribution in [1.82, 2.24) is 0 Å². The van der Waals surface area contributed by atoms with E-state index in [1.54, 1.807) is 22.7 Å². The van der Waals surface area contributed by atoms with Crippen molar-refractivity contribution in [3.63, 3.8) is 0 Å². The maximum absolute atomic E-state index is 3.53. The molecule has 84 valence electrons. The summed E-state index contributed by atoms with van der Waals surface area (Å²) in [5.41, 5.74) is 0. The van der Waals surface area contributed by atoms with Crippen molar-refractivity contribution in [2.24, 2.45) is 0 Å². The van der Waals surface area contributed by atoms with E-state index >= 15 is 0 Å². The second-order valence-electron chi connectivity index (χ2n) is 2.86. The quantitative estimate of drug-likeness (QED) is 0.409. The molecule has 0 unspecified atom stereocenters. The van der Waals surface area contributed by atoms with Crippen LogP contribution in [0.2, 0.25) is 0 Å². The summed E-state index contributed by atoms with van der Waals surface area (Å²) in [6.07, 6.45) is 4.23. The monoisotopic (exact) mass is 504 g/mol. The summed E-state index contributed by atoms with van der Waals surface area (Å²) in [5.74, 6) is 0. The van der Waals surface area contributed by atoms with Crippen molar-refractivity contribution in [3.05, 3.63) is 38.4 Å². The molecule has 0 spiro atoms. The van der Waals surface area contributed by atoms with Gasteiger partial charge in [-0.15, -0.1) is 22.7 Å². The van der Waals surface area contributed by atoms with Crippen LogP contribution in [0.4, 0.5) is 0 Å². The lowest BCUT2D eigenvalue weighted by Gasteiger charge is -1.88. The van der Waals surface area contributed by atoms with Gasteiger partial charge in [-0.1, -0.05) is 0 Å². The molecule has 0 aliphatic rings. The molecular weight excluding hydrogens is 504 g/mol. The molecule has 0 bridgehead atoms. The van der Waals surface area contributed by atoms with Gasteiger partial charge >= 0.3 is 0 Å². The normalized spacial score (nSPS) is 11.5. The molecule has 0 amide bonds. The average molecular weight is 508 g/mol. The van der Waals surface area contributed by atoms with Crippen LogP contribution in [0.5, 0.6) is 0 Å². The Labute approximate surface area is 135 Å². The maximum atomic E-state index is 3.53. The SMILES string of the molecule is Brc1cc(Br)c(C=Cc2sc(Br)cc2Br)s1. The van der Waals surface area contributed by atoms with Gasteiger partial charge in [0, 0.05) is 18.7 Å². The topological polar surface area (TPSA) is 0 Å². The summed E-state index contributed by atoms with van der Waals surface area (Å²) in [5, 5.41) is 0. The Balaban J connectivity index is 2.27. The molecule has 0 saturated carbocycles. The van der Waals surface area contributed by atoms with Gasteiger partial charge in [-0.25, -0.2) is 0 Å². The summed E-state index contributed by atoms with van der Waals surface area (Å²) in [4.78, 5) is 2.42. The van der Waals surface area contributed by atoms with E-state index < -0.39 is 0 Å². The Bertz CT molecular complexity index is 491. The molecule has 2 aromatic heterocycles. The Kier molecular flexibility index (Phi) is 4.89. The van der Waals surface area contributed by atoms with Gasteiger partial charge in [0.15, 0.2) is 0 Å². The molecule has 2 rings (SSSR count). The summed E-state index contributed by atoms with van der Waals surface area (Å²) in [6, 6.07) is 4.12. The zero-order valence-electron chi connectivity index (χ0n) is 7.64. The smallest absolute Gasteiger partial charge is 0.0716 e. The predicted octanol–water partition coefficient (Wildman–Crippen LogP) is 7.03. The molecular formula is C10H4Br4S2.